The molecule has 3 rings (SSSR count). The Kier molecular flexibility index (Phi) is 5.06. The van der Waals surface area contributed by atoms with Crippen LogP contribution in [0.1, 0.15) is 33.3 Å². The smallest absolute Gasteiger partial charge is 0.252 e. The van der Waals surface area contributed by atoms with Crippen molar-refractivity contribution in [1.29, 1.82) is 0 Å². The van der Waals surface area contributed by atoms with Crippen LogP contribution < -0.4 is 16.2 Å². The predicted octanol–water partition coefficient (Wildman–Crippen LogP) is 0.853. The van der Waals surface area contributed by atoms with E-state index < -0.39 is 30.2 Å². The zero-order valence-electron chi connectivity index (χ0n) is 15.2. The first kappa shape index (κ1) is 19.4. The van der Waals surface area contributed by atoms with Gasteiger partial charge in [-0.25, -0.2) is 4.39 Å². The van der Waals surface area contributed by atoms with E-state index >= 15 is 0 Å². The van der Waals surface area contributed by atoms with Crippen molar-refractivity contribution in [3.63, 3.8) is 0 Å². The number of carbonyl (C=O) groups excluding carboxylic acids is 2. The summed E-state index contributed by atoms with van der Waals surface area (Å²) in [6.45, 7) is 0.710. The van der Waals surface area contributed by atoms with Crippen LogP contribution in [0, 0.1) is 12.7 Å². The third-order valence-electron chi connectivity index (χ3n) is 4.53. The standard InChI is InChI=1S/C18H19FN4O5/c1-8-14(18(21)26)16-13(28-8)4-3-12(15(16)9(6-24)17(20)25)27-7-11-10(19)5-22-23(11)2/h3-5,9,24H,6-7H2,1-2H3,(H2,20,25)(H2,21,26). The van der Waals surface area contributed by atoms with Gasteiger partial charge < -0.3 is 25.7 Å². The minimum Gasteiger partial charge on any atom is -0.487 e. The number of nitrogens with zero attached hydrogens (tertiary/aromatic N) is 2. The Balaban J connectivity index is 2.20. The van der Waals surface area contributed by atoms with Crippen molar-refractivity contribution >= 4 is 22.8 Å². The Morgan fingerprint density at radius 1 is 1.39 bits per heavy atom. The van der Waals surface area contributed by atoms with Gasteiger partial charge in [0.15, 0.2) is 5.82 Å². The number of aryl methyl sites for hydroxylation is 2. The molecule has 2 aromatic heterocycles. The van der Waals surface area contributed by atoms with Gasteiger partial charge >= 0.3 is 0 Å². The number of fused-ring (bicyclic) bond motifs is 1. The number of hydrogen-bond donors (Lipinski definition) is 3. The molecule has 2 heterocycles. The van der Waals surface area contributed by atoms with E-state index in [2.05, 4.69) is 5.10 Å². The van der Waals surface area contributed by atoms with Gasteiger partial charge in [-0.2, -0.15) is 5.10 Å². The maximum atomic E-state index is 13.8. The van der Waals surface area contributed by atoms with Gasteiger partial charge in [0.25, 0.3) is 5.91 Å². The van der Waals surface area contributed by atoms with Gasteiger partial charge in [-0.1, -0.05) is 0 Å². The molecule has 5 N–H and O–H groups in total. The summed E-state index contributed by atoms with van der Waals surface area (Å²) < 4.78 is 26.4. The monoisotopic (exact) mass is 390 g/mol. The minimum absolute atomic E-state index is 0.0573. The van der Waals surface area contributed by atoms with E-state index in [1.807, 2.05) is 0 Å². The average molecular weight is 390 g/mol. The van der Waals surface area contributed by atoms with Gasteiger partial charge in [-0.05, 0) is 19.1 Å². The molecule has 9 nitrogen and oxygen atoms in total. The van der Waals surface area contributed by atoms with Crippen molar-refractivity contribution in [1.82, 2.24) is 9.78 Å². The molecule has 0 saturated heterocycles. The SMILES string of the molecule is Cc1oc2ccc(OCc3c(F)cnn3C)c(C(CO)C(N)=O)c2c1C(N)=O. The van der Waals surface area contributed by atoms with E-state index in [9.17, 15) is 19.1 Å². The normalized spacial score (nSPS) is 12.3. The van der Waals surface area contributed by atoms with Crippen LogP contribution in [0.25, 0.3) is 11.0 Å². The highest BCUT2D eigenvalue weighted by atomic mass is 19.1. The quantitative estimate of drug-likeness (QED) is 0.545. The summed E-state index contributed by atoms with van der Waals surface area (Å²) in [7, 11) is 1.55. The molecule has 1 aromatic carbocycles. The fourth-order valence-corrected chi connectivity index (χ4v) is 3.15. The number of aliphatic hydroxyl groups is 1. The molecular formula is C18H19FN4O5. The van der Waals surface area contributed by atoms with Crippen molar-refractivity contribution in [3.05, 3.63) is 46.7 Å². The molecule has 0 fully saturated rings. The van der Waals surface area contributed by atoms with Crippen LogP contribution in [0.15, 0.2) is 22.7 Å². The molecule has 1 atom stereocenters. The van der Waals surface area contributed by atoms with Crippen LogP contribution in [0.4, 0.5) is 4.39 Å². The summed E-state index contributed by atoms with van der Waals surface area (Å²) in [5.74, 6) is -2.97. The van der Waals surface area contributed by atoms with Gasteiger partial charge in [-0.15, -0.1) is 0 Å². The molecule has 2 amide bonds. The Hall–Kier alpha value is -3.40. The number of nitrogens with two attached hydrogens (primary N) is 2. The third-order valence-corrected chi connectivity index (χ3v) is 4.53. The summed E-state index contributed by atoms with van der Waals surface area (Å²) in [4.78, 5) is 23.9. The lowest BCUT2D eigenvalue weighted by Crippen LogP contribution is -2.25. The molecule has 0 aliphatic rings. The van der Waals surface area contributed by atoms with Crippen molar-refractivity contribution in [3.8, 4) is 5.75 Å². The topological polar surface area (TPSA) is 147 Å². The number of rotatable bonds is 7. The number of furan rings is 1. The van der Waals surface area contributed by atoms with E-state index in [-0.39, 0.29) is 45.9 Å². The third kappa shape index (κ3) is 3.18. The number of hydrogen-bond acceptors (Lipinski definition) is 6. The molecule has 0 aliphatic carbocycles. The lowest BCUT2D eigenvalue weighted by molar-refractivity contribution is -0.120. The summed E-state index contributed by atoms with van der Waals surface area (Å²) in [5.41, 5.74) is 11.6. The van der Waals surface area contributed by atoms with Crippen LogP contribution in [0.2, 0.25) is 0 Å². The first-order valence-electron chi connectivity index (χ1n) is 8.31. The zero-order valence-corrected chi connectivity index (χ0v) is 15.2. The molecule has 0 saturated carbocycles. The second-order valence-corrected chi connectivity index (χ2v) is 6.24. The fraction of sp³-hybridized carbons (Fsp3) is 0.278. The molecule has 0 spiro atoms. The lowest BCUT2D eigenvalue weighted by atomic mass is 9.92. The van der Waals surface area contributed by atoms with Crippen LogP contribution in [0.3, 0.4) is 0 Å². The zero-order chi connectivity index (χ0) is 20.6. The van der Waals surface area contributed by atoms with E-state index in [0.29, 0.717) is 0 Å². The van der Waals surface area contributed by atoms with Crippen LogP contribution >= 0.6 is 0 Å². The predicted molar refractivity (Wildman–Crippen MR) is 96.0 cm³/mol. The number of ether oxygens (including phenoxy) is 1. The number of amides is 2. The van der Waals surface area contributed by atoms with Gasteiger partial charge in [-0.3, -0.25) is 14.3 Å². The van der Waals surface area contributed by atoms with Crippen LogP contribution in [-0.4, -0.2) is 33.3 Å². The number of aliphatic hydroxyl groups excluding tert-OH is 1. The highest BCUT2D eigenvalue weighted by Crippen LogP contribution is 2.39. The van der Waals surface area contributed by atoms with Gasteiger partial charge in [0, 0.05) is 18.0 Å². The largest absolute Gasteiger partial charge is 0.487 e. The summed E-state index contributed by atoms with van der Waals surface area (Å²) >= 11 is 0. The number of halogens is 1. The van der Waals surface area contributed by atoms with Crippen LogP contribution in [0.5, 0.6) is 5.75 Å². The van der Waals surface area contributed by atoms with E-state index in [0.717, 1.165) is 6.20 Å². The second kappa shape index (κ2) is 7.31. The van der Waals surface area contributed by atoms with Gasteiger partial charge in [0.05, 0.1) is 24.3 Å². The molecule has 3 aromatic rings. The van der Waals surface area contributed by atoms with Crippen molar-refractivity contribution in [2.45, 2.75) is 19.4 Å². The van der Waals surface area contributed by atoms with Crippen molar-refractivity contribution in [2.75, 3.05) is 6.61 Å². The van der Waals surface area contributed by atoms with E-state index in [1.54, 1.807) is 14.0 Å². The first-order valence-corrected chi connectivity index (χ1v) is 8.31. The molecule has 148 valence electrons. The van der Waals surface area contributed by atoms with E-state index in [4.69, 9.17) is 20.6 Å². The highest BCUT2D eigenvalue weighted by molar-refractivity contribution is 6.09. The number of aromatic nitrogens is 2. The number of primary amides is 2. The molecule has 0 bridgehead atoms. The molecular weight excluding hydrogens is 371 g/mol. The van der Waals surface area contributed by atoms with Crippen molar-refractivity contribution in [2.24, 2.45) is 18.5 Å². The maximum Gasteiger partial charge on any atom is 0.252 e. The highest BCUT2D eigenvalue weighted by Gasteiger charge is 2.29. The second-order valence-electron chi connectivity index (χ2n) is 6.24. The summed E-state index contributed by atoms with van der Waals surface area (Å²) in [6, 6.07) is 3.02. The summed E-state index contributed by atoms with van der Waals surface area (Å²) in [5, 5.41) is 13.8. The fourth-order valence-electron chi connectivity index (χ4n) is 3.15. The van der Waals surface area contributed by atoms with Crippen molar-refractivity contribution < 1.29 is 28.2 Å². The van der Waals surface area contributed by atoms with Gasteiger partial charge in [0.1, 0.15) is 29.4 Å². The van der Waals surface area contributed by atoms with Gasteiger partial charge in [0.2, 0.25) is 5.91 Å². The summed E-state index contributed by atoms with van der Waals surface area (Å²) in [6.07, 6.45) is 1.05. The molecule has 28 heavy (non-hydrogen) atoms. The number of carbonyl (C=O) groups is 2. The average Bonchev–Trinajstić information content (AvgIpc) is 3.13. The van der Waals surface area contributed by atoms with Crippen LogP contribution in [-0.2, 0) is 18.4 Å². The first-order chi connectivity index (χ1) is 13.3. The lowest BCUT2D eigenvalue weighted by Gasteiger charge is -2.18. The molecule has 0 aliphatic heterocycles. The Labute approximate surface area is 158 Å². The molecule has 1 unspecified atom stereocenters. The number of benzene rings is 1. The molecule has 0 radical (unpaired) electrons. The maximum absolute atomic E-state index is 13.8. The Morgan fingerprint density at radius 3 is 2.64 bits per heavy atom. The van der Waals surface area contributed by atoms with E-state index in [1.165, 1.54) is 16.8 Å². The Bertz CT molecular complexity index is 1050. The molecule has 10 heteroatoms. The Morgan fingerprint density at radius 2 is 2.11 bits per heavy atom. The minimum atomic E-state index is -1.19.